The van der Waals surface area contributed by atoms with Gasteiger partial charge in [0.05, 0.1) is 11.5 Å². The molecule has 0 amide bonds. The van der Waals surface area contributed by atoms with E-state index in [9.17, 15) is 8.42 Å². The molecule has 7 heteroatoms. The predicted molar refractivity (Wildman–Crippen MR) is 71.6 cm³/mol. The first kappa shape index (κ1) is 13.1. The summed E-state index contributed by atoms with van der Waals surface area (Å²) >= 11 is 0. The van der Waals surface area contributed by atoms with Gasteiger partial charge in [-0.05, 0) is 19.8 Å². The van der Waals surface area contributed by atoms with Gasteiger partial charge >= 0.3 is 0 Å². The number of aryl methyl sites for hydroxylation is 1. The van der Waals surface area contributed by atoms with Crippen LogP contribution in [0.2, 0.25) is 0 Å². The van der Waals surface area contributed by atoms with Crippen LogP contribution in [0.4, 0.5) is 11.6 Å². The molecule has 2 heterocycles. The lowest BCUT2D eigenvalue weighted by Crippen LogP contribution is -2.32. The Kier molecular flexibility index (Phi) is 3.70. The predicted octanol–water partition coefficient (Wildman–Crippen LogP) is 0.816. The third-order valence-corrected chi connectivity index (χ3v) is 4.72. The monoisotopic (exact) mass is 270 g/mol. The second-order valence-corrected chi connectivity index (χ2v) is 6.81. The van der Waals surface area contributed by atoms with E-state index in [4.69, 9.17) is 0 Å². The van der Waals surface area contributed by atoms with E-state index in [-0.39, 0.29) is 17.5 Å². The van der Waals surface area contributed by atoms with Crippen LogP contribution in [0.1, 0.15) is 18.7 Å². The van der Waals surface area contributed by atoms with Crippen molar-refractivity contribution in [1.82, 2.24) is 9.97 Å². The molecule has 0 spiro atoms. The van der Waals surface area contributed by atoms with Crippen molar-refractivity contribution >= 4 is 21.5 Å². The van der Waals surface area contributed by atoms with Crippen molar-refractivity contribution in [1.29, 1.82) is 0 Å². The highest BCUT2D eigenvalue weighted by Crippen LogP contribution is 2.18. The van der Waals surface area contributed by atoms with Crippen LogP contribution >= 0.6 is 0 Å². The normalized spacial score (nSPS) is 19.4. The number of anilines is 2. The van der Waals surface area contributed by atoms with E-state index < -0.39 is 9.84 Å². The minimum absolute atomic E-state index is 0.174. The first-order chi connectivity index (χ1) is 8.48. The molecule has 0 saturated carbocycles. The number of nitrogens with zero attached hydrogens (tertiary/aromatic N) is 2. The van der Waals surface area contributed by atoms with Crippen molar-refractivity contribution in [2.45, 2.75) is 25.8 Å². The summed E-state index contributed by atoms with van der Waals surface area (Å²) < 4.78 is 22.7. The third-order valence-electron chi connectivity index (χ3n) is 3.00. The van der Waals surface area contributed by atoms with Crippen LogP contribution in [0.3, 0.4) is 0 Å². The van der Waals surface area contributed by atoms with Crippen LogP contribution < -0.4 is 10.6 Å². The molecule has 0 atom stereocenters. The smallest absolute Gasteiger partial charge is 0.150 e. The van der Waals surface area contributed by atoms with Crippen molar-refractivity contribution in [2.24, 2.45) is 0 Å². The maximum atomic E-state index is 11.3. The largest absolute Gasteiger partial charge is 0.373 e. The summed E-state index contributed by atoms with van der Waals surface area (Å²) in [5, 5.41) is 6.25. The van der Waals surface area contributed by atoms with Gasteiger partial charge in [0.1, 0.15) is 27.3 Å². The molecule has 1 fully saturated rings. The summed E-state index contributed by atoms with van der Waals surface area (Å²) in [4.78, 5) is 8.51. The molecule has 0 bridgehead atoms. The molecular formula is C11H18N4O2S. The van der Waals surface area contributed by atoms with Crippen LogP contribution in [0.25, 0.3) is 0 Å². The van der Waals surface area contributed by atoms with Gasteiger partial charge in [-0.1, -0.05) is 0 Å². The Hall–Kier alpha value is -1.37. The van der Waals surface area contributed by atoms with E-state index in [1.165, 1.54) is 0 Å². The summed E-state index contributed by atoms with van der Waals surface area (Å²) in [6.45, 7) is 1.83. The lowest BCUT2D eigenvalue weighted by molar-refractivity contribution is 0.559. The number of hydrogen-bond acceptors (Lipinski definition) is 6. The minimum atomic E-state index is -2.81. The van der Waals surface area contributed by atoms with E-state index in [0.717, 1.165) is 11.6 Å². The number of hydrogen-bond donors (Lipinski definition) is 2. The molecular weight excluding hydrogens is 252 g/mol. The van der Waals surface area contributed by atoms with Gasteiger partial charge in [0, 0.05) is 19.2 Å². The molecule has 0 aromatic carbocycles. The van der Waals surface area contributed by atoms with Crippen LogP contribution in [-0.2, 0) is 9.84 Å². The standard InChI is InChI=1S/C11H18N4O2S/c1-8-13-10(12-2)7-11(14-8)15-9-3-5-18(16,17)6-4-9/h7,9H,3-6H2,1-2H3,(H2,12,13,14,15). The Morgan fingerprint density at radius 3 is 2.44 bits per heavy atom. The topological polar surface area (TPSA) is 84.0 Å². The maximum Gasteiger partial charge on any atom is 0.150 e. The highest BCUT2D eigenvalue weighted by molar-refractivity contribution is 7.91. The van der Waals surface area contributed by atoms with Gasteiger partial charge in [-0.15, -0.1) is 0 Å². The fraction of sp³-hybridized carbons (Fsp3) is 0.636. The molecule has 0 radical (unpaired) electrons. The zero-order valence-corrected chi connectivity index (χ0v) is 11.4. The molecule has 1 saturated heterocycles. The SMILES string of the molecule is CNc1cc(NC2CCS(=O)(=O)CC2)nc(C)n1. The quantitative estimate of drug-likeness (QED) is 0.846. The number of aromatic nitrogens is 2. The first-order valence-electron chi connectivity index (χ1n) is 5.99. The van der Waals surface area contributed by atoms with Crippen molar-refractivity contribution in [3.8, 4) is 0 Å². The zero-order valence-electron chi connectivity index (χ0n) is 10.6. The molecule has 2 N–H and O–H groups in total. The van der Waals surface area contributed by atoms with Crippen LogP contribution in [0, 0.1) is 6.92 Å². The van der Waals surface area contributed by atoms with Gasteiger partial charge in [-0.25, -0.2) is 18.4 Å². The van der Waals surface area contributed by atoms with E-state index >= 15 is 0 Å². The van der Waals surface area contributed by atoms with Crippen molar-refractivity contribution in [3.63, 3.8) is 0 Å². The average molecular weight is 270 g/mol. The second-order valence-electron chi connectivity index (χ2n) is 4.51. The minimum Gasteiger partial charge on any atom is -0.373 e. The average Bonchev–Trinajstić information content (AvgIpc) is 2.31. The number of rotatable bonds is 3. The molecule has 1 aliphatic rings. The summed E-state index contributed by atoms with van der Waals surface area (Å²) in [6, 6.07) is 2.00. The molecule has 18 heavy (non-hydrogen) atoms. The Morgan fingerprint density at radius 1 is 1.22 bits per heavy atom. The lowest BCUT2D eigenvalue weighted by atomic mass is 10.1. The van der Waals surface area contributed by atoms with Crippen LogP contribution in [0.5, 0.6) is 0 Å². The Bertz CT molecular complexity index is 516. The first-order valence-corrected chi connectivity index (χ1v) is 7.81. The van der Waals surface area contributed by atoms with E-state index in [2.05, 4.69) is 20.6 Å². The van der Waals surface area contributed by atoms with Gasteiger partial charge in [0.15, 0.2) is 0 Å². The summed E-state index contributed by atoms with van der Waals surface area (Å²) in [7, 11) is -1.01. The van der Waals surface area contributed by atoms with Crippen molar-refractivity contribution in [3.05, 3.63) is 11.9 Å². The third kappa shape index (κ3) is 3.32. The molecule has 2 rings (SSSR count). The zero-order chi connectivity index (χ0) is 13.2. The van der Waals surface area contributed by atoms with E-state index in [0.29, 0.717) is 18.7 Å². The number of sulfone groups is 1. The van der Waals surface area contributed by atoms with Crippen molar-refractivity contribution < 1.29 is 8.42 Å². The second kappa shape index (κ2) is 5.09. The van der Waals surface area contributed by atoms with E-state index in [1.807, 2.05) is 13.0 Å². The summed E-state index contributed by atoms with van der Waals surface area (Å²) in [5.74, 6) is 2.71. The van der Waals surface area contributed by atoms with Gasteiger partial charge < -0.3 is 10.6 Å². The molecule has 100 valence electrons. The highest BCUT2D eigenvalue weighted by Gasteiger charge is 2.23. The molecule has 0 aliphatic carbocycles. The summed E-state index contributed by atoms with van der Waals surface area (Å²) in [6.07, 6.45) is 1.28. The van der Waals surface area contributed by atoms with Crippen LogP contribution in [-0.4, -0.2) is 43.0 Å². The van der Waals surface area contributed by atoms with Gasteiger partial charge in [0.2, 0.25) is 0 Å². The van der Waals surface area contributed by atoms with E-state index in [1.54, 1.807) is 7.05 Å². The number of nitrogens with one attached hydrogen (secondary N) is 2. The molecule has 1 aliphatic heterocycles. The van der Waals surface area contributed by atoms with Gasteiger partial charge in [-0.2, -0.15) is 0 Å². The lowest BCUT2D eigenvalue weighted by Gasteiger charge is -2.23. The summed E-state index contributed by atoms with van der Waals surface area (Å²) in [5.41, 5.74) is 0. The molecule has 1 aromatic rings. The molecule has 1 aromatic heterocycles. The van der Waals surface area contributed by atoms with Crippen LogP contribution in [0.15, 0.2) is 6.07 Å². The highest BCUT2D eigenvalue weighted by atomic mass is 32.2. The fourth-order valence-corrected chi connectivity index (χ4v) is 3.50. The molecule has 6 nitrogen and oxygen atoms in total. The Morgan fingerprint density at radius 2 is 1.83 bits per heavy atom. The molecule has 0 unspecified atom stereocenters. The van der Waals surface area contributed by atoms with Crippen molar-refractivity contribution in [2.75, 3.05) is 29.2 Å². The Labute approximate surface area is 107 Å². The van der Waals surface area contributed by atoms with Gasteiger partial charge in [-0.3, -0.25) is 0 Å². The maximum absolute atomic E-state index is 11.3. The fourth-order valence-electron chi connectivity index (χ4n) is 2.01. The van der Waals surface area contributed by atoms with Gasteiger partial charge in [0.25, 0.3) is 0 Å². The Balaban J connectivity index is 2.04.